The second-order valence-corrected chi connectivity index (χ2v) is 6.10. The molecule has 2 fully saturated rings. The fraction of sp³-hybridized carbons (Fsp3) is 1.00. The maximum absolute atomic E-state index is 8.96. The molecule has 100 valence electrons. The van der Waals surface area contributed by atoms with Gasteiger partial charge < -0.3 is 15.3 Å². The standard InChI is InChI=1S/C14H28N2O/c1-11(10-17)4-3-7-15-12-8-13-5-6-14(9-12)16(13)2/h11-15,17H,3-10H2,1-2H3. The second-order valence-electron chi connectivity index (χ2n) is 6.10. The lowest BCUT2D eigenvalue weighted by Gasteiger charge is -2.36. The summed E-state index contributed by atoms with van der Waals surface area (Å²) >= 11 is 0. The van der Waals surface area contributed by atoms with Crippen molar-refractivity contribution in [1.29, 1.82) is 0 Å². The zero-order valence-corrected chi connectivity index (χ0v) is 11.4. The predicted octanol–water partition coefficient (Wildman–Crippen LogP) is 1.61. The van der Waals surface area contributed by atoms with Gasteiger partial charge in [0.25, 0.3) is 0 Å². The van der Waals surface area contributed by atoms with E-state index in [1.54, 1.807) is 0 Å². The first-order valence-corrected chi connectivity index (χ1v) is 7.27. The van der Waals surface area contributed by atoms with Gasteiger partial charge in [0.05, 0.1) is 0 Å². The Balaban J connectivity index is 1.61. The number of aliphatic hydroxyl groups is 1. The van der Waals surface area contributed by atoms with Crippen LogP contribution < -0.4 is 5.32 Å². The first kappa shape index (κ1) is 13.3. The molecule has 2 saturated heterocycles. The van der Waals surface area contributed by atoms with E-state index in [1.165, 1.54) is 32.1 Å². The Morgan fingerprint density at radius 1 is 1.29 bits per heavy atom. The zero-order valence-electron chi connectivity index (χ0n) is 11.4. The van der Waals surface area contributed by atoms with Crippen LogP contribution in [0.1, 0.15) is 45.4 Å². The molecule has 2 N–H and O–H groups in total. The summed E-state index contributed by atoms with van der Waals surface area (Å²) in [5.41, 5.74) is 0. The predicted molar refractivity (Wildman–Crippen MR) is 71.1 cm³/mol. The van der Waals surface area contributed by atoms with Gasteiger partial charge >= 0.3 is 0 Å². The summed E-state index contributed by atoms with van der Waals surface area (Å²) in [5, 5.41) is 12.7. The van der Waals surface area contributed by atoms with E-state index in [0.29, 0.717) is 12.5 Å². The normalized spacial score (nSPS) is 35.1. The van der Waals surface area contributed by atoms with Crippen molar-refractivity contribution in [1.82, 2.24) is 10.2 Å². The van der Waals surface area contributed by atoms with Crippen molar-refractivity contribution in [2.24, 2.45) is 5.92 Å². The number of fused-ring (bicyclic) bond motifs is 2. The molecule has 2 bridgehead atoms. The molecule has 2 aliphatic heterocycles. The number of hydrogen-bond acceptors (Lipinski definition) is 3. The Morgan fingerprint density at radius 2 is 1.94 bits per heavy atom. The minimum absolute atomic E-state index is 0.332. The van der Waals surface area contributed by atoms with Gasteiger partial charge in [-0.15, -0.1) is 0 Å². The van der Waals surface area contributed by atoms with E-state index in [9.17, 15) is 0 Å². The van der Waals surface area contributed by atoms with Crippen molar-refractivity contribution < 1.29 is 5.11 Å². The summed E-state index contributed by atoms with van der Waals surface area (Å²) in [6, 6.07) is 2.42. The van der Waals surface area contributed by atoms with Crippen LogP contribution in [0.2, 0.25) is 0 Å². The number of aliphatic hydroxyl groups excluding tert-OH is 1. The molecule has 3 atom stereocenters. The molecule has 0 saturated carbocycles. The third-order valence-electron chi connectivity index (χ3n) is 4.72. The maximum Gasteiger partial charge on any atom is 0.0456 e. The highest BCUT2D eigenvalue weighted by atomic mass is 16.3. The number of piperidine rings is 1. The third-order valence-corrected chi connectivity index (χ3v) is 4.72. The van der Waals surface area contributed by atoms with Gasteiger partial charge in [0.2, 0.25) is 0 Å². The molecule has 2 heterocycles. The number of nitrogens with one attached hydrogen (secondary N) is 1. The highest BCUT2D eigenvalue weighted by Gasteiger charge is 2.37. The largest absolute Gasteiger partial charge is 0.396 e. The van der Waals surface area contributed by atoms with E-state index in [4.69, 9.17) is 5.11 Å². The monoisotopic (exact) mass is 240 g/mol. The van der Waals surface area contributed by atoms with Crippen LogP contribution in [-0.2, 0) is 0 Å². The molecule has 3 nitrogen and oxygen atoms in total. The summed E-state index contributed by atoms with van der Waals surface area (Å²) in [6.07, 6.45) is 7.82. The molecule has 0 aromatic rings. The van der Waals surface area contributed by atoms with Crippen molar-refractivity contribution in [3.8, 4) is 0 Å². The summed E-state index contributed by atoms with van der Waals surface area (Å²) in [5.74, 6) is 0.463. The highest BCUT2D eigenvalue weighted by Crippen LogP contribution is 2.34. The van der Waals surface area contributed by atoms with Gasteiger partial charge in [-0.2, -0.15) is 0 Å². The fourth-order valence-corrected chi connectivity index (χ4v) is 3.43. The van der Waals surface area contributed by atoms with Gasteiger partial charge in [0, 0.05) is 24.7 Å². The molecule has 2 rings (SSSR count). The Morgan fingerprint density at radius 3 is 2.53 bits per heavy atom. The molecule has 0 aliphatic carbocycles. The first-order valence-electron chi connectivity index (χ1n) is 7.27. The van der Waals surface area contributed by atoms with Crippen LogP contribution in [0.15, 0.2) is 0 Å². The van der Waals surface area contributed by atoms with Crippen LogP contribution in [0, 0.1) is 5.92 Å². The molecule has 0 aromatic heterocycles. The summed E-state index contributed by atoms with van der Waals surface area (Å²) in [7, 11) is 2.29. The Kier molecular flexibility index (Phi) is 4.83. The van der Waals surface area contributed by atoms with Gasteiger partial charge in [-0.25, -0.2) is 0 Å². The van der Waals surface area contributed by atoms with Gasteiger partial charge in [0.1, 0.15) is 0 Å². The lowest BCUT2D eigenvalue weighted by molar-refractivity contribution is 0.148. The van der Waals surface area contributed by atoms with Crippen molar-refractivity contribution in [3.05, 3.63) is 0 Å². The quantitative estimate of drug-likeness (QED) is 0.692. The van der Waals surface area contributed by atoms with Crippen LogP contribution in [0.25, 0.3) is 0 Å². The topological polar surface area (TPSA) is 35.5 Å². The number of hydrogen-bond donors (Lipinski definition) is 2. The first-order chi connectivity index (χ1) is 8.20. The summed E-state index contributed by atoms with van der Waals surface area (Å²) in [6.45, 7) is 3.58. The number of rotatable bonds is 6. The van der Waals surface area contributed by atoms with Crippen molar-refractivity contribution in [2.75, 3.05) is 20.2 Å². The van der Waals surface area contributed by atoms with Crippen LogP contribution in [0.3, 0.4) is 0 Å². The van der Waals surface area contributed by atoms with Crippen molar-refractivity contribution in [3.63, 3.8) is 0 Å². The maximum atomic E-state index is 8.96. The van der Waals surface area contributed by atoms with E-state index in [0.717, 1.165) is 31.1 Å². The van der Waals surface area contributed by atoms with Crippen molar-refractivity contribution in [2.45, 2.75) is 63.6 Å². The van der Waals surface area contributed by atoms with Crippen molar-refractivity contribution >= 4 is 0 Å². The lowest BCUT2D eigenvalue weighted by Crippen LogP contribution is -2.47. The SMILES string of the molecule is CC(CO)CCCNC1CC2CCC(C1)N2C. The van der Waals surface area contributed by atoms with E-state index in [2.05, 4.69) is 24.2 Å². The molecule has 3 unspecified atom stereocenters. The van der Waals surface area contributed by atoms with E-state index in [-0.39, 0.29) is 0 Å². The van der Waals surface area contributed by atoms with Gasteiger partial charge in [-0.1, -0.05) is 6.92 Å². The molecule has 2 aliphatic rings. The minimum atomic E-state index is 0.332. The molecular formula is C14H28N2O. The Bertz CT molecular complexity index is 220. The van der Waals surface area contributed by atoms with Gasteiger partial charge in [0.15, 0.2) is 0 Å². The molecule has 0 amide bonds. The summed E-state index contributed by atoms with van der Waals surface area (Å²) < 4.78 is 0. The van der Waals surface area contributed by atoms with Crippen LogP contribution in [-0.4, -0.2) is 48.3 Å². The molecule has 0 spiro atoms. The van der Waals surface area contributed by atoms with Crippen LogP contribution >= 0.6 is 0 Å². The molecule has 0 aromatic carbocycles. The molecule has 3 heteroatoms. The van der Waals surface area contributed by atoms with E-state index in [1.807, 2.05) is 0 Å². The molecular weight excluding hydrogens is 212 g/mol. The smallest absolute Gasteiger partial charge is 0.0456 e. The third kappa shape index (κ3) is 3.43. The average Bonchev–Trinajstić information content (AvgIpc) is 2.57. The van der Waals surface area contributed by atoms with Gasteiger partial charge in [-0.3, -0.25) is 0 Å². The summed E-state index contributed by atoms with van der Waals surface area (Å²) in [4.78, 5) is 2.59. The second kappa shape index (κ2) is 6.17. The minimum Gasteiger partial charge on any atom is -0.396 e. The molecule has 17 heavy (non-hydrogen) atoms. The van der Waals surface area contributed by atoms with Crippen LogP contribution in [0.5, 0.6) is 0 Å². The Hall–Kier alpha value is -0.120. The highest BCUT2D eigenvalue weighted by molar-refractivity contribution is 4.95. The zero-order chi connectivity index (χ0) is 12.3. The number of nitrogens with zero attached hydrogens (tertiary/aromatic N) is 1. The van der Waals surface area contributed by atoms with Gasteiger partial charge in [-0.05, 0) is 58.0 Å². The molecule has 0 radical (unpaired) electrons. The fourth-order valence-electron chi connectivity index (χ4n) is 3.43. The van der Waals surface area contributed by atoms with E-state index >= 15 is 0 Å². The average molecular weight is 240 g/mol. The van der Waals surface area contributed by atoms with Crippen LogP contribution in [0.4, 0.5) is 0 Å². The lowest BCUT2D eigenvalue weighted by atomic mass is 9.97. The Labute approximate surface area is 106 Å². The van der Waals surface area contributed by atoms with E-state index < -0.39 is 0 Å².